The summed E-state index contributed by atoms with van der Waals surface area (Å²) in [5.41, 5.74) is 5.24. The van der Waals surface area contributed by atoms with Gasteiger partial charge in [0.25, 0.3) is 11.8 Å². The third-order valence-electron chi connectivity index (χ3n) is 5.06. The molecule has 0 unspecified atom stereocenters. The van der Waals surface area contributed by atoms with Crippen LogP contribution in [-0.4, -0.2) is 59.5 Å². The monoisotopic (exact) mass is 412 g/mol. The Labute approximate surface area is 165 Å². The fourth-order valence-electron chi connectivity index (χ4n) is 3.28. The maximum atomic E-state index is 13.3. The number of thioether (sulfide) groups is 1. The van der Waals surface area contributed by atoms with Crippen LogP contribution in [0.1, 0.15) is 29.8 Å². The van der Waals surface area contributed by atoms with Gasteiger partial charge in [-0.1, -0.05) is 0 Å². The fourth-order valence-corrected chi connectivity index (χ4v) is 4.32. The summed E-state index contributed by atoms with van der Waals surface area (Å²) in [5.74, 6) is -1.76. The molecule has 0 spiro atoms. The van der Waals surface area contributed by atoms with Crippen molar-refractivity contribution in [2.45, 2.75) is 30.7 Å². The van der Waals surface area contributed by atoms with Crippen molar-refractivity contribution in [2.24, 2.45) is 11.7 Å². The number of carbonyl (C=O) groups is 2. The number of ether oxygens (including phenoxy) is 1. The predicted molar refractivity (Wildman–Crippen MR) is 101 cm³/mol. The van der Waals surface area contributed by atoms with E-state index in [4.69, 9.17) is 10.5 Å². The molecule has 3 N–H and O–H groups in total. The van der Waals surface area contributed by atoms with E-state index in [0.29, 0.717) is 29.7 Å². The average Bonchev–Trinajstić information content (AvgIpc) is 3.39. The highest BCUT2D eigenvalue weighted by atomic mass is 32.2. The van der Waals surface area contributed by atoms with Gasteiger partial charge in [0.1, 0.15) is 11.4 Å². The molecule has 7 nitrogen and oxygen atoms in total. The molecule has 152 valence electrons. The molecular weight excluding hydrogens is 390 g/mol. The van der Waals surface area contributed by atoms with Gasteiger partial charge < -0.3 is 20.7 Å². The molecule has 2 aliphatic heterocycles. The number of pyridine rings is 1. The zero-order chi connectivity index (χ0) is 19.9. The SMILES string of the molecule is NC(=O)CC1(NC(=O)c2ccc(N3CC(F)(F)C3)c(OCC3CC3)n2)CSC1. The third-order valence-corrected chi connectivity index (χ3v) is 6.57. The lowest BCUT2D eigenvalue weighted by atomic mass is 9.98. The first-order valence-corrected chi connectivity index (χ1v) is 10.4. The number of amides is 2. The van der Waals surface area contributed by atoms with E-state index in [1.54, 1.807) is 17.8 Å². The maximum absolute atomic E-state index is 13.3. The lowest BCUT2D eigenvalue weighted by Gasteiger charge is -2.41. The molecule has 2 amide bonds. The first-order valence-electron chi connectivity index (χ1n) is 9.21. The molecular formula is C18H22F2N4O3S. The minimum absolute atomic E-state index is 0.0672. The summed E-state index contributed by atoms with van der Waals surface area (Å²) in [5, 5.41) is 2.86. The number of hydrogen-bond acceptors (Lipinski definition) is 6. The maximum Gasteiger partial charge on any atom is 0.282 e. The normalized spacial score (nSPS) is 22.0. The molecule has 10 heteroatoms. The molecule has 4 rings (SSSR count). The minimum Gasteiger partial charge on any atom is -0.476 e. The van der Waals surface area contributed by atoms with Gasteiger partial charge in [-0.05, 0) is 30.9 Å². The second-order valence-corrected chi connectivity index (χ2v) is 8.84. The number of hydrogen-bond donors (Lipinski definition) is 2. The van der Waals surface area contributed by atoms with Gasteiger partial charge in [0.2, 0.25) is 11.8 Å². The van der Waals surface area contributed by atoms with E-state index in [2.05, 4.69) is 10.3 Å². The van der Waals surface area contributed by atoms with Crippen molar-refractivity contribution in [2.75, 3.05) is 36.1 Å². The van der Waals surface area contributed by atoms with Crippen molar-refractivity contribution in [3.8, 4) is 5.88 Å². The van der Waals surface area contributed by atoms with Crippen molar-refractivity contribution in [3.63, 3.8) is 0 Å². The number of rotatable bonds is 8. The van der Waals surface area contributed by atoms with Crippen LogP contribution < -0.4 is 20.7 Å². The van der Waals surface area contributed by atoms with Gasteiger partial charge in [0.05, 0.1) is 31.7 Å². The summed E-state index contributed by atoms with van der Waals surface area (Å²) in [7, 11) is 0. The summed E-state index contributed by atoms with van der Waals surface area (Å²) < 4.78 is 32.3. The first kappa shape index (κ1) is 19.2. The van der Waals surface area contributed by atoms with Gasteiger partial charge in [-0.3, -0.25) is 9.59 Å². The van der Waals surface area contributed by atoms with E-state index >= 15 is 0 Å². The second kappa shape index (κ2) is 7.06. The molecule has 1 saturated carbocycles. The van der Waals surface area contributed by atoms with Gasteiger partial charge in [-0.2, -0.15) is 11.8 Å². The standard InChI is InChI=1S/C18H22F2N4O3S/c19-18(20)7-24(8-18)13-4-3-12(22-16(13)27-6-11-1-2-11)15(26)23-17(5-14(21)25)9-28-10-17/h3-4,11H,1-2,5-10H2,(H2,21,25)(H,23,26). The van der Waals surface area contributed by atoms with Crippen LogP contribution in [0.3, 0.4) is 0 Å². The van der Waals surface area contributed by atoms with Gasteiger partial charge in [0, 0.05) is 11.5 Å². The average molecular weight is 412 g/mol. The largest absolute Gasteiger partial charge is 0.476 e. The van der Waals surface area contributed by atoms with Crippen LogP contribution in [0, 0.1) is 5.92 Å². The number of aromatic nitrogens is 1. The lowest BCUT2D eigenvalue weighted by molar-refractivity contribution is -0.119. The van der Waals surface area contributed by atoms with E-state index in [0.717, 1.165) is 12.8 Å². The number of nitrogens with zero attached hydrogens (tertiary/aromatic N) is 2. The summed E-state index contributed by atoms with van der Waals surface area (Å²) in [6.45, 7) is -0.324. The number of anilines is 1. The van der Waals surface area contributed by atoms with E-state index < -0.39 is 23.3 Å². The highest BCUT2D eigenvalue weighted by Crippen LogP contribution is 2.38. The number of nitrogens with two attached hydrogens (primary N) is 1. The van der Waals surface area contributed by atoms with Crippen LogP contribution in [-0.2, 0) is 4.79 Å². The molecule has 2 saturated heterocycles. The van der Waals surface area contributed by atoms with Crippen molar-refractivity contribution in [3.05, 3.63) is 17.8 Å². The first-order chi connectivity index (χ1) is 13.3. The van der Waals surface area contributed by atoms with Crippen molar-refractivity contribution in [1.29, 1.82) is 0 Å². The Bertz CT molecular complexity index is 791. The smallest absolute Gasteiger partial charge is 0.282 e. The quantitative estimate of drug-likeness (QED) is 0.670. The Morgan fingerprint density at radius 2 is 2.04 bits per heavy atom. The fraction of sp³-hybridized carbons (Fsp3) is 0.611. The summed E-state index contributed by atoms with van der Waals surface area (Å²) in [6, 6.07) is 3.09. The molecule has 3 heterocycles. The van der Waals surface area contributed by atoms with Crippen molar-refractivity contribution < 1.29 is 23.1 Å². The molecule has 1 aromatic rings. The van der Waals surface area contributed by atoms with Crippen LogP contribution in [0.2, 0.25) is 0 Å². The topological polar surface area (TPSA) is 97.5 Å². The third kappa shape index (κ3) is 4.16. The van der Waals surface area contributed by atoms with E-state index in [-0.39, 0.29) is 31.1 Å². The van der Waals surface area contributed by atoms with Gasteiger partial charge in [-0.15, -0.1) is 0 Å². The highest BCUT2D eigenvalue weighted by Gasteiger charge is 2.45. The molecule has 0 bridgehead atoms. The molecule has 0 radical (unpaired) electrons. The summed E-state index contributed by atoms with van der Waals surface area (Å²) in [6.07, 6.45) is 2.22. The number of primary amides is 1. The van der Waals surface area contributed by atoms with Crippen LogP contribution in [0.4, 0.5) is 14.5 Å². The van der Waals surface area contributed by atoms with E-state index in [9.17, 15) is 18.4 Å². The molecule has 1 aliphatic carbocycles. The Morgan fingerprint density at radius 3 is 2.57 bits per heavy atom. The van der Waals surface area contributed by atoms with E-state index in [1.807, 2.05) is 0 Å². The zero-order valence-electron chi connectivity index (χ0n) is 15.2. The second-order valence-electron chi connectivity index (χ2n) is 7.86. The van der Waals surface area contributed by atoms with Gasteiger partial charge in [0.15, 0.2) is 0 Å². The molecule has 28 heavy (non-hydrogen) atoms. The minimum atomic E-state index is -2.72. The molecule has 3 aliphatic rings. The van der Waals surface area contributed by atoms with E-state index in [1.165, 1.54) is 11.0 Å². The predicted octanol–water partition coefficient (Wildman–Crippen LogP) is 1.42. The number of nitrogens with one attached hydrogen (secondary N) is 1. The Kier molecular flexibility index (Phi) is 4.84. The van der Waals surface area contributed by atoms with Crippen LogP contribution in [0.5, 0.6) is 5.88 Å². The van der Waals surface area contributed by atoms with Crippen molar-refractivity contribution >= 4 is 29.3 Å². The summed E-state index contributed by atoms with van der Waals surface area (Å²) in [4.78, 5) is 29.8. The Balaban J connectivity index is 1.51. The van der Waals surface area contributed by atoms with Gasteiger partial charge in [-0.25, -0.2) is 13.8 Å². The van der Waals surface area contributed by atoms with Crippen molar-refractivity contribution in [1.82, 2.24) is 10.3 Å². The van der Waals surface area contributed by atoms with Crippen LogP contribution in [0.15, 0.2) is 12.1 Å². The summed E-state index contributed by atoms with van der Waals surface area (Å²) >= 11 is 1.62. The molecule has 0 atom stereocenters. The number of carbonyl (C=O) groups excluding carboxylic acids is 2. The Hall–Kier alpha value is -2.10. The Morgan fingerprint density at radius 1 is 1.32 bits per heavy atom. The zero-order valence-corrected chi connectivity index (χ0v) is 16.1. The number of alkyl halides is 2. The molecule has 0 aromatic carbocycles. The van der Waals surface area contributed by atoms with Crippen LogP contribution in [0.25, 0.3) is 0 Å². The van der Waals surface area contributed by atoms with Crippen LogP contribution >= 0.6 is 11.8 Å². The van der Waals surface area contributed by atoms with Gasteiger partial charge >= 0.3 is 0 Å². The molecule has 3 fully saturated rings. The molecule has 1 aromatic heterocycles. The highest BCUT2D eigenvalue weighted by molar-refractivity contribution is 8.00. The number of halogens is 2. The lowest BCUT2D eigenvalue weighted by Crippen LogP contribution is -2.59.